The van der Waals surface area contributed by atoms with E-state index in [-0.39, 0.29) is 0 Å². The molecule has 0 atom stereocenters. The van der Waals surface area contributed by atoms with Crippen molar-refractivity contribution in [1.82, 2.24) is 19.9 Å². The van der Waals surface area contributed by atoms with Crippen LogP contribution in [0.2, 0.25) is 0 Å². The average molecular weight is 1440 g/mol. The van der Waals surface area contributed by atoms with E-state index in [9.17, 15) is 0 Å². The van der Waals surface area contributed by atoms with Crippen LogP contribution in [-0.4, -0.2) is 19.9 Å². The van der Waals surface area contributed by atoms with Crippen molar-refractivity contribution in [2.75, 3.05) is 0 Å². The lowest BCUT2D eigenvalue weighted by Crippen LogP contribution is -2.28. The predicted octanol–water partition coefficient (Wildman–Crippen LogP) is 27.9. The molecule has 2 aliphatic rings. The Morgan fingerprint density at radius 2 is 0.605 bits per heavy atom. The van der Waals surface area contributed by atoms with E-state index in [2.05, 4.69) is 382 Å². The van der Waals surface area contributed by atoms with E-state index in [0.717, 1.165) is 88.4 Å². The number of hydrogen-bond donors (Lipinski definition) is 0. The Kier molecular flexibility index (Phi) is 13.9. The Morgan fingerprint density at radius 3 is 1.24 bits per heavy atom. The molecule has 0 fully saturated rings. The fraction of sp³-hybridized carbons (Fsp3) is 0.0182. The molecule has 0 aliphatic heterocycles. The van der Waals surface area contributed by atoms with Crippen molar-refractivity contribution in [3.05, 3.63) is 445 Å². The van der Waals surface area contributed by atoms with Gasteiger partial charge in [0.05, 0.1) is 44.3 Å². The second-order valence-corrected chi connectivity index (χ2v) is 30.9. The van der Waals surface area contributed by atoms with Crippen LogP contribution in [0.15, 0.2) is 401 Å². The van der Waals surface area contributed by atoms with E-state index in [1.165, 1.54) is 143 Å². The molecule has 22 aromatic rings. The van der Waals surface area contributed by atoms with Gasteiger partial charge in [0.2, 0.25) is 0 Å². The summed E-state index contributed by atoms with van der Waals surface area (Å²) in [6.07, 6.45) is 3.78. The van der Waals surface area contributed by atoms with Crippen LogP contribution in [0.25, 0.3) is 186 Å². The molecule has 4 nitrogen and oxygen atoms in total. The van der Waals surface area contributed by atoms with Crippen LogP contribution in [0.5, 0.6) is 0 Å². The van der Waals surface area contributed by atoms with Gasteiger partial charge in [0.1, 0.15) is 0 Å². The third kappa shape index (κ3) is 9.22. The van der Waals surface area contributed by atoms with Crippen molar-refractivity contribution < 1.29 is 0 Å². The minimum atomic E-state index is -0.661. The molecule has 24 rings (SSSR count). The molecule has 2 aliphatic carbocycles. The summed E-state index contributed by atoms with van der Waals surface area (Å²) in [6, 6.07) is 145. The number of fused-ring (bicyclic) bond motifs is 24. The molecule has 18 aromatic carbocycles. The Morgan fingerprint density at radius 1 is 0.184 bits per heavy atom. The van der Waals surface area contributed by atoms with Crippen LogP contribution in [0, 0.1) is 0 Å². The molecule has 526 valence electrons. The van der Waals surface area contributed by atoms with Gasteiger partial charge in [-0.1, -0.05) is 328 Å². The molecule has 4 heterocycles. The maximum atomic E-state index is 5.73. The van der Waals surface area contributed by atoms with Crippen LogP contribution in [-0.2, 0) is 10.8 Å². The minimum Gasteiger partial charge on any atom is -0.254 e. The van der Waals surface area contributed by atoms with Crippen LogP contribution in [0.1, 0.15) is 44.5 Å². The van der Waals surface area contributed by atoms with Gasteiger partial charge in [0.15, 0.2) is 0 Å². The maximum Gasteiger partial charge on any atom is 0.0972 e. The summed E-state index contributed by atoms with van der Waals surface area (Å²) in [6.45, 7) is 0. The van der Waals surface area contributed by atoms with Gasteiger partial charge in [0, 0.05) is 45.1 Å². The van der Waals surface area contributed by atoms with Crippen LogP contribution in [0.4, 0.5) is 0 Å². The van der Waals surface area contributed by atoms with Crippen molar-refractivity contribution in [3.63, 3.8) is 0 Å². The summed E-state index contributed by atoms with van der Waals surface area (Å²) in [4.78, 5) is 21.2. The largest absolute Gasteiger partial charge is 0.254 e. The van der Waals surface area contributed by atoms with Gasteiger partial charge in [-0.15, -0.1) is 0 Å². The number of aromatic nitrogens is 4. The van der Waals surface area contributed by atoms with Crippen LogP contribution in [0.3, 0.4) is 0 Å². The van der Waals surface area contributed by atoms with Crippen molar-refractivity contribution in [2.24, 2.45) is 0 Å². The average Bonchev–Trinajstić information content (AvgIpc) is 1.51. The molecule has 0 spiro atoms. The highest BCUT2D eigenvalue weighted by molar-refractivity contribution is 6.31. The molecule has 0 bridgehead atoms. The summed E-state index contributed by atoms with van der Waals surface area (Å²) in [5, 5.41) is 19.0. The van der Waals surface area contributed by atoms with Crippen molar-refractivity contribution in [2.45, 2.75) is 10.8 Å². The summed E-state index contributed by atoms with van der Waals surface area (Å²) in [5.41, 5.74) is 27.9. The van der Waals surface area contributed by atoms with Crippen molar-refractivity contribution in [3.8, 4) is 78.1 Å². The lowest BCUT2D eigenvalue weighted by molar-refractivity contribution is 0.769. The van der Waals surface area contributed by atoms with E-state index in [4.69, 9.17) is 19.9 Å². The molecule has 0 saturated heterocycles. The number of hydrogen-bond acceptors (Lipinski definition) is 4. The van der Waals surface area contributed by atoms with E-state index in [1.807, 2.05) is 18.5 Å². The number of rotatable bonds is 9. The predicted molar refractivity (Wildman–Crippen MR) is 474 cm³/mol. The first kappa shape index (κ1) is 64.0. The highest BCUT2D eigenvalue weighted by Crippen LogP contribution is 2.61. The summed E-state index contributed by atoms with van der Waals surface area (Å²) in [7, 11) is 0. The SMILES string of the molecule is c1ccc(C2(c3ccccc3)c3ccc(-c4ccc5c(c4)c4ccccc4c4c(-c6cc7ccc(-c8ccc9c(c8)C(c8ccccc8)(c8ccccc8)c8cccc(-c%10ccc%11c%12ccccc%12c%12ccccc%12c%11c%10)c8-9)nc7c7ncccc67)cccc54)cc3-c3ccc(-c4ccc5ccc6cccnc6c5n4)cc32)cc1. The molecule has 0 unspecified atom stereocenters. The second kappa shape index (κ2) is 24.8. The van der Waals surface area contributed by atoms with E-state index in [1.54, 1.807) is 0 Å². The van der Waals surface area contributed by atoms with Gasteiger partial charge in [0.25, 0.3) is 0 Å². The lowest BCUT2D eigenvalue weighted by Gasteiger charge is -2.34. The standard InChI is InChI=1S/C110H66N4/c1-5-24-75(25-6-1)109(76-26-7-2-8-27-76)97-56-49-70(62-96(97)87-54-47-72(65-99(87)109)101-57-50-68-44-43-67-23-21-59-111-105(67)106(68)113-101)69-45-52-86-89-39-19-40-90(103(89)88-37-18-17-36-84(88)93(86)61-69)95-64-74-51-58-102(114-107(74)108-91(95)41-22-60-112-108)73-48-55-92-100(66-73)110(77-28-9-3-10-29-77,78-30-11-4-12-31-78)98-42-20-38-79(104(92)98)71-46-53-85-82-34-14-13-32-80(82)81-33-15-16-35-83(81)94(85)63-71/h1-66H. The van der Waals surface area contributed by atoms with Crippen molar-refractivity contribution in [1.29, 1.82) is 0 Å². The molecule has 0 saturated carbocycles. The smallest absolute Gasteiger partial charge is 0.0972 e. The highest BCUT2D eigenvalue weighted by atomic mass is 14.8. The first-order valence-electron chi connectivity index (χ1n) is 39.4. The molecular weight excluding hydrogens is 1380 g/mol. The molecule has 0 amide bonds. The van der Waals surface area contributed by atoms with Crippen LogP contribution < -0.4 is 0 Å². The van der Waals surface area contributed by atoms with E-state index >= 15 is 0 Å². The van der Waals surface area contributed by atoms with Gasteiger partial charge >= 0.3 is 0 Å². The third-order valence-corrected chi connectivity index (χ3v) is 25.2. The molecule has 0 radical (unpaired) electrons. The molecular formula is C110H66N4. The first-order chi connectivity index (χ1) is 56.5. The Labute approximate surface area is 657 Å². The zero-order chi connectivity index (χ0) is 74.7. The van der Waals surface area contributed by atoms with Gasteiger partial charge in [-0.2, -0.15) is 0 Å². The van der Waals surface area contributed by atoms with Gasteiger partial charge in [-0.25, -0.2) is 9.97 Å². The third-order valence-electron chi connectivity index (χ3n) is 25.2. The lowest BCUT2D eigenvalue weighted by atomic mass is 9.67. The summed E-state index contributed by atoms with van der Waals surface area (Å²) >= 11 is 0. The number of benzene rings is 18. The highest BCUT2D eigenvalue weighted by Gasteiger charge is 2.49. The summed E-state index contributed by atoms with van der Waals surface area (Å²) in [5.74, 6) is 0. The molecule has 0 N–H and O–H groups in total. The minimum absolute atomic E-state index is 0.618. The summed E-state index contributed by atoms with van der Waals surface area (Å²) < 4.78 is 0. The quantitative estimate of drug-likeness (QED) is 0.135. The number of pyridine rings is 4. The first-order valence-corrected chi connectivity index (χ1v) is 39.4. The number of nitrogens with zero attached hydrogens (tertiary/aromatic N) is 4. The second-order valence-electron chi connectivity index (χ2n) is 30.9. The van der Waals surface area contributed by atoms with Gasteiger partial charge in [-0.05, 0) is 225 Å². The Bertz CT molecular complexity index is 7700. The Hall–Kier alpha value is -14.8. The van der Waals surface area contributed by atoms with E-state index < -0.39 is 10.8 Å². The zero-order valence-electron chi connectivity index (χ0n) is 61.9. The van der Waals surface area contributed by atoms with E-state index in [0.29, 0.717) is 0 Å². The zero-order valence-corrected chi connectivity index (χ0v) is 61.9. The topological polar surface area (TPSA) is 51.6 Å². The van der Waals surface area contributed by atoms with Crippen LogP contribution >= 0.6 is 0 Å². The Balaban J connectivity index is 0.634. The fourth-order valence-electron chi connectivity index (χ4n) is 20.3. The van der Waals surface area contributed by atoms with Gasteiger partial charge < -0.3 is 0 Å². The fourth-order valence-corrected chi connectivity index (χ4v) is 20.3. The maximum absolute atomic E-state index is 5.73. The van der Waals surface area contributed by atoms with Gasteiger partial charge in [-0.3, -0.25) is 9.97 Å². The normalized spacial score (nSPS) is 13.2. The molecule has 4 heteroatoms. The molecule has 4 aromatic heterocycles. The van der Waals surface area contributed by atoms with Crippen molar-refractivity contribution >= 4 is 108 Å². The molecule has 114 heavy (non-hydrogen) atoms. The monoisotopic (exact) mass is 1440 g/mol.